The van der Waals surface area contributed by atoms with Crippen LogP contribution in [0, 0.1) is 0 Å². The molecule has 3 N–H and O–H groups in total. The van der Waals surface area contributed by atoms with Crippen molar-refractivity contribution in [2.24, 2.45) is 0 Å². The first kappa shape index (κ1) is 12.9. The summed E-state index contributed by atoms with van der Waals surface area (Å²) in [5, 5.41) is 3.55. The molecule has 0 heterocycles. The van der Waals surface area contributed by atoms with E-state index in [-0.39, 0.29) is 0 Å². The van der Waals surface area contributed by atoms with Gasteiger partial charge < -0.3 is 11.1 Å². The van der Waals surface area contributed by atoms with Crippen molar-refractivity contribution >= 4 is 12.0 Å². The summed E-state index contributed by atoms with van der Waals surface area (Å²) in [5.74, 6) is 0. The molecular formula is C17H18N2O. The van der Waals surface area contributed by atoms with Gasteiger partial charge in [0.1, 0.15) is 6.29 Å². The fourth-order valence-corrected chi connectivity index (χ4v) is 2.81. The second-order valence-corrected chi connectivity index (χ2v) is 5.33. The van der Waals surface area contributed by atoms with Crippen LogP contribution in [0.2, 0.25) is 0 Å². The van der Waals surface area contributed by atoms with E-state index in [0.29, 0.717) is 17.3 Å². The van der Waals surface area contributed by atoms with Gasteiger partial charge in [-0.25, -0.2) is 0 Å². The van der Waals surface area contributed by atoms with Crippen LogP contribution in [-0.4, -0.2) is 12.3 Å². The topological polar surface area (TPSA) is 55.1 Å². The molecule has 0 unspecified atom stereocenters. The van der Waals surface area contributed by atoms with Crippen molar-refractivity contribution in [1.29, 1.82) is 0 Å². The number of carbonyl (C=O) groups excluding carboxylic acids is 1. The highest BCUT2D eigenvalue weighted by molar-refractivity contribution is 5.77. The number of nitrogens with two attached hydrogens (primary N) is 1. The predicted octanol–water partition coefficient (Wildman–Crippen LogP) is 2.34. The molecule has 1 aliphatic rings. The number of hydrogen-bond donors (Lipinski definition) is 2. The minimum Gasteiger partial charge on any atom is -0.398 e. The number of hydrogen-bond acceptors (Lipinski definition) is 3. The summed E-state index contributed by atoms with van der Waals surface area (Å²) < 4.78 is 0. The van der Waals surface area contributed by atoms with Gasteiger partial charge in [0.15, 0.2) is 0 Å². The van der Waals surface area contributed by atoms with Gasteiger partial charge in [-0.3, -0.25) is 4.79 Å². The molecule has 1 aliphatic carbocycles. The quantitative estimate of drug-likeness (QED) is 0.659. The van der Waals surface area contributed by atoms with Crippen LogP contribution in [-0.2, 0) is 19.4 Å². The summed E-state index contributed by atoms with van der Waals surface area (Å²) in [7, 11) is 0. The first-order valence-electron chi connectivity index (χ1n) is 6.90. The second kappa shape index (κ2) is 5.47. The van der Waals surface area contributed by atoms with E-state index in [9.17, 15) is 4.79 Å². The zero-order chi connectivity index (χ0) is 13.9. The van der Waals surface area contributed by atoms with E-state index < -0.39 is 0 Å². The van der Waals surface area contributed by atoms with Crippen LogP contribution in [0.5, 0.6) is 0 Å². The minimum absolute atomic E-state index is 0.470. The molecule has 0 amide bonds. The fourth-order valence-electron chi connectivity index (χ4n) is 2.81. The number of benzene rings is 2. The van der Waals surface area contributed by atoms with Crippen LogP contribution in [0.25, 0.3) is 0 Å². The van der Waals surface area contributed by atoms with Crippen LogP contribution >= 0.6 is 0 Å². The van der Waals surface area contributed by atoms with E-state index in [1.165, 1.54) is 11.1 Å². The maximum Gasteiger partial charge on any atom is 0.150 e. The molecule has 0 saturated carbocycles. The SMILES string of the molecule is Nc1cc(C=O)ccc1CNC1Cc2ccccc2C1. The molecule has 0 fully saturated rings. The van der Waals surface area contributed by atoms with Gasteiger partial charge in [0.05, 0.1) is 0 Å². The van der Waals surface area contributed by atoms with E-state index >= 15 is 0 Å². The largest absolute Gasteiger partial charge is 0.398 e. The number of aldehydes is 1. The van der Waals surface area contributed by atoms with Gasteiger partial charge in [0, 0.05) is 23.8 Å². The lowest BCUT2D eigenvalue weighted by Crippen LogP contribution is -2.29. The summed E-state index contributed by atoms with van der Waals surface area (Å²) in [4.78, 5) is 10.7. The molecule has 0 atom stereocenters. The number of fused-ring (bicyclic) bond motifs is 1. The van der Waals surface area contributed by atoms with Gasteiger partial charge >= 0.3 is 0 Å². The fraction of sp³-hybridized carbons (Fsp3) is 0.235. The van der Waals surface area contributed by atoms with E-state index in [4.69, 9.17) is 5.73 Å². The van der Waals surface area contributed by atoms with Crippen LogP contribution in [0.1, 0.15) is 27.0 Å². The van der Waals surface area contributed by atoms with E-state index in [1.807, 2.05) is 12.1 Å². The average molecular weight is 266 g/mol. The Labute approximate surface area is 118 Å². The summed E-state index contributed by atoms with van der Waals surface area (Å²) in [6.45, 7) is 0.740. The Balaban J connectivity index is 1.63. The molecule has 0 bridgehead atoms. The highest BCUT2D eigenvalue weighted by atomic mass is 16.1. The van der Waals surface area contributed by atoms with Crippen molar-refractivity contribution in [3.05, 3.63) is 64.7 Å². The number of nitrogen functional groups attached to an aromatic ring is 1. The zero-order valence-electron chi connectivity index (χ0n) is 11.3. The lowest BCUT2D eigenvalue weighted by molar-refractivity contribution is 0.112. The van der Waals surface area contributed by atoms with Crippen LogP contribution in [0.15, 0.2) is 42.5 Å². The van der Waals surface area contributed by atoms with Crippen molar-refractivity contribution in [3.63, 3.8) is 0 Å². The number of anilines is 1. The van der Waals surface area contributed by atoms with Crippen LogP contribution < -0.4 is 11.1 Å². The monoisotopic (exact) mass is 266 g/mol. The first-order valence-corrected chi connectivity index (χ1v) is 6.90. The van der Waals surface area contributed by atoms with Gasteiger partial charge in [0.25, 0.3) is 0 Å². The molecule has 3 nitrogen and oxygen atoms in total. The van der Waals surface area contributed by atoms with Gasteiger partial charge in [0.2, 0.25) is 0 Å². The lowest BCUT2D eigenvalue weighted by Gasteiger charge is -2.13. The first-order chi connectivity index (χ1) is 9.76. The molecule has 3 rings (SSSR count). The highest BCUT2D eigenvalue weighted by Crippen LogP contribution is 2.22. The third-order valence-corrected chi connectivity index (χ3v) is 3.94. The van der Waals surface area contributed by atoms with E-state index in [1.54, 1.807) is 6.07 Å². The van der Waals surface area contributed by atoms with E-state index in [0.717, 1.165) is 31.2 Å². The van der Waals surface area contributed by atoms with Gasteiger partial charge in [-0.1, -0.05) is 36.4 Å². The molecule has 102 valence electrons. The number of rotatable bonds is 4. The molecule has 2 aromatic rings. The number of nitrogens with one attached hydrogen (secondary N) is 1. The Morgan fingerprint density at radius 3 is 2.45 bits per heavy atom. The summed E-state index contributed by atoms with van der Waals surface area (Å²) in [5.41, 5.74) is 11.2. The molecule has 0 radical (unpaired) electrons. The van der Waals surface area contributed by atoms with Crippen molar-refractivity contribution in [2.75, 3.05) is 5.73 Å². The Hall–Kier alpha value is -2.13. The number of carbonyl (C=O) groups is 1. The van der Waals surface area contributed by atoms with Gasteiger partial charge in [-0.15, -0.1) is 0 Å². The predicted molar refractivity (Wildman–Crippen MR) is 80.7 cm³/mol. The highest BCUT2D eigenvalue weighted by Gasteiger charge is 2.20. The summed E-state index contributed by atoms with van der Waals surface area (Å²) in [6, 6.07) is 14.5. The molecule has 3 heteroatoms. The average Bonchev–Trinajstić information content (AvgIpc) is 2.88. The standard InChI is InChI=1S/C17H18N2O/c18-17-7-12(11-20)5-6-15(17)10-19-16-8-13-3-1-2-4-14(13)9-16/h1-7,11,16,19H,8-10,18H2. The minimum atomic E-state index is 0.470. The third-order valence-electron chi connectivity index (χ3n) is 3.94. The van der Waals surface area contributed by atoms with Crippen molar-refractivity contribution in [2.45, 2.75) is 25.4 Å². The molecular weight excluding hydrogens is 248 g/mol. The summed E-state index contributed by atoms with van der Waals surface area (Å²) >= 11 is 0. The smallest absolute Gasteiger partial charge is 0.150 e. The van der Waals surface area contributed by atoms with Crippen LogP contribution in [0.4, 0.5) is 5.69 Å². The van der Waals surface area contributed by atoms with Crippen molar-refractivity contribution < 1.29 is 4.79 Å². The Bertz CT molecular complexity index is 612. The lowest BCUT2D eigenvalue weighted by atomic mass is 10.1. The molecule has 0 saturated heterocycles. The molecule has 0 spiro atoms. The van der Waals surface area contributed by atoms with Gasteiger partial charge in [-0.2, -0.15) is 0 Å². The molecule has 0 aromatic heterocycles. The Morgan fingerprint density at radius 1 is 1.15 bits per heavy atom. The zero-order valence-corrected chi connectivity index (χ0v) is 11.3. The Kier molecular flexibility index (Phi) is 3.52. The normalized spacial score (nSPS) is 14.2. The van der Waals surface area contributed by atoms with Crippen LogP contribution in [0.3, 0.4) is 0 Å². The molecule has 2 aromatic carbocycles. The third kappa shape index (κ3) is 2.58. The van der Waals surface area contributed by atoms with Crippen molar-refractivity contribution in [1.82, 2.24) is 5.32 Å². The summed E-state index contributed by atoms with van der Waals surface area (Å²) in [6.07, 6.45) is 2.96. The van der Waals surface area contributed by atoms with Gasteiger partial charge in [-0.05, 0) is 35.6 Å². The Morgan fingerprint density at radius 2 is 1.85 bits per heavy atom. The van der Waals surface area contributed by atoms with Crippen molar-refractivity contribution in [3.8, 4) is 0 Å². The maximum atomic E-state index is 10.7. The maximum absolute atomic E-state index is 10.7. The molecule has 20 heavy (non-hydrogen) atoms. The second-order valence-electron chi connectivity index (χ2n) is 5.33. The molecule has 0 aliphatic heterocycles. The van der Waals surface area contributed by atoms with E-state index in [2.05, 4.69) is 29.6 Å².